The molecule has 1 N–H and O–H groups in total. The Morgan fingerprint density at radius 2 is 2.05 bits per heavy atom. The summed E-state index contributed by atoms with van der Waals surface area (Å²) in [4.78, 5) is 12.4. The van der Waals surface area contributed by atoms with Crippen LogP contribution in [0.1, 0.15) is 41.5 Å². The number of anilines is 1. The van der Waals surface area contributed by atoms with Crippen molar-refractivity contribution in [2.24, 2.45) is 0 Å². The largest absolute Gasteiger partial charge is 0.325 e. The van der Waals surface area contributed by atoms with E-state index >= 15 is 0 Å². The zero-order chi connectivity index (χ0) is 15.3. The maximum absolute atomic E-state index is 13.4. The number of carbonyl (C=O) groups is 1. The summed E-state index contributed by atoms with van der Waals surface area (Å²) in [6, 6.07) is 10.9. The van der Waals surface area contributed by atoms with E-state index in [9.17, 15) is 9.18 Å². The molecule has 1 spiro atoms. The minimum absolute atomic E-state index is 0.139. The van der Waals surface area contributed by atoms with Gasteiger partial charge in [0.2, 0.25) is 5.91 Å². The van der Waals surface area contributed by atoms with E-state index in [1.165, 1.54) is 6.07 Å². The zero-order valence-electron chi connectivity index (χ0n) is 12.6. The first-order valence-electron chi connectivity index (χ1n) is 7.78. The number of aryl methyl sites for hydroxylation is 1. The van der Waals surface area contributed by atoms with E-state index < -0.39 is 0 Å². The standard InChI is InChI=1S/C19H18FNO/c1-12-8-14(10-13-4-2-5-15(20)11-13)17-16(9-12)19(6-3-7-19)18(22)21-17/h2,4-5,8-9,11H,3,6-7,10H2,1H3,(H,21,22). The molecule has 1 fully saturated rings. The van der Waals surface area contributed by atoms with Crippen molar-refractivity contribution < 1.29 is 9.18 Å². The van der Waals surface area contributed by atoms with Crippen LogP contribution in [0.25, 0.3) is 0 Å². The molecule has 2 aliphatic rings. The number of benzene rings is 2. The topological polar surface area (TPSA) is 29.1 Å². The van der Waals surface area contributed by atoms with Crippen molar-refractivity contribution in [2.45, 2.75) is 38.0 Å². The molecule has 4 rings (SSSR count). The molecule has 1 aliphatic carbocycles. The first-order valence-corrected chi connectivity index (χ1v) is 7.78. The molecule has 0 atom stereocenters. The third kappa shape index (κ3) is 1.88. The molecule has 1 aliphatic heterocycles. The fourth-order valence-electron chi connectivity index (χ4n) is 3.77. The van der Waals surface area contributed by atoms with E-state index in [4.69, 9.17) is 0 Å². The predicted octanol–water partition coefficient (Wildman–Crippen LogP) is 4.10. The highest BCUT2D eigenvalue weighted by atomic mass is 19.1. The van der Waals surface area contributed by atoms with Gasteiger partial charge in [0.1, 0.15) is 5.82 Å². The molecule has 2 nitrogen and oxygen atoms in total. The van der Waals surface area contributed by atoms with Gasteiger partial charge in [0.15, 0.2) is 0 Å². The Kier molecular flexibility index (Phi) is 2.86. The summed E-state index contributed by atoms with van der Waals surface area (Å²) in [5, 5.41) is 3.09. The summed E-state index contributed by atoms with van der Waals surface area (Å²) < 4.78 is 13.4. The van der Waals surface area contributed by atoms with Gasteiger partial charge >= 0.3 is 0 Å². The Morgan fingerprint density at radius 3 is 2.73 bits per heavy atom. The molecule has 1 amide bonds. The number of hydrogen-bond donors (Lipinski definition) is 1. The highest BCUT2D eigenvalue weighted by Crippen LogP contribution is 2.52. The minimum Gasteiger partial charge on any atom is -0.325 e. The molecule has 0 radical (unpaired) electrons. The van der Waals surface area contributed by atoms with Gasteiger partial charge < -0.3 is 5.32 Å². The fourth-order valence-corrected chi connectivity index (χ4v) is 3.77. The van der Waals surface area contributed by atoms with Crippen molar-refractivity contribution >= 4 is 11.6 Å². The molecule has 0 unspecified atom stereocenters. The lowest BCUT2D eigenvalue weighted by Gasteiger charge is -2.36. The number of rotatable bonds is 2. The van der Waals surface area contributed by atoms with Crippen LogP contribution in [0.15, 0.2) is 36.4 Å². The van der Waals surface area contributed by atoms with Gasteiger partial charge in [-0.3, -0.25) is 4.79 Å². The average molecular weight is 295 g/mol. The highest BCUT2D eigenvalue weighted by molar-refractivity contribution is 6.07. The first kappa shape index (κ1) is 13.5. The number of amides is 1. The van der Waals surface area contributed by atoms with Gasteiger partial charge in [-0.2, -0.15) is 0 Å². The zero-order valence-corrected chi connectivity index (χ0v) is 12.6. The lowest BCUT2D eigenvalue weighted by Crippen LogP contribution is -2.40. The van der Waals surface area contributed by atoms with E-state index in [1.807, 2.05) is 6.07 Å². The molecule has 2 aromatic carbocycles. The molecule has 22 heavy (non-hydrogen) atoms. The molecule has 0 bridgehead atoms. The Hall–Kier alpha value is -2.16. The summed E-state index contributed by atoms with van der Waals surface area (Å²) in [5.74, 6) is -0.0823. The number of halogens is 1. The van der Waals surface area contributed by atoms with Gasteiger partial charge in [0, 0.05) is 5.69 Å². The van der Waals surface area contributed by atoms with Crippen LogP contribution in [0, 0.1) is 12.7 Å². The summed E-state index contributed by atoms with van der Waals surface area (Å²) >= 11 is 0. The molecule has 3 heteroatoms. The highest BCUT2D eigenvalue weighted by Gasteiger charge is 2.51. The molecular formula is C19H18FNO. The molecule has 1 heterocycles. The molecule has 112 valence electrons. The molecule has 0 saturated heterocycles. The van der Waals surface area contributed by atoms with Gasteiger partial charge in [-0.25, -0.2) is 4.39 Å². The summed E-state index contributed by atoms with van der Waals surface area (Å²) in [5.41, 5.74) is 4.98. The van der Waals surface area contributed by atoms with Crippen LogP contribution in [0.2, 0.25) is 0 Å². The van der Waals surface area contributed by atoms with Crippen LogP contribution in [-0.4, -0.2) is 5.91 Å². The first-order chi connectivity index (χ1) is 10.6. The lowest BCUT2D eigenvalue weighted by molar-refractivity contribution is -0.123. The van der Waals surface area contributed by atoms with E-state index in [0.29, 0.717) is 6.42 Å². The maximum atomic E-state index is 13.4. The smallest absolute Gasteiger partial charge is 0.235 e. The number of fused-ring (bicyclic) bond motifs is 2. The molecule has 2 aromatic rings. The lowest BCUT2D eigenvalue weighted by atomic mass is 9.65. The second-order valence-corrected chi connectivity index (χ2v) is 6.54. The van der Waals surface area contributed by atoms with Crippen molar-refractivity contribution in [1.82, 2.24) is 0 Å². The summed E-state index contributed by atoms with van der Waals surface area (Å²) in [6.45, 7) is 2.06. The number of nitrogens with one attached hydrogen (secondary N) is 1. The second kappa shape index (κ2) is 4.67. The van der Waals surface area contributed by atoms with Crippen LogP contribution in [0.3, 0.4) is 0 Å². The average Bonchev–Trinajstić information content (AvgIpc) is 2.71. The third-order valence-electron chi connectivity index (χ3n) is 5.04. The van der Waals surface area contributed by atoms with E-state index in [2.05, 4.69) is 24.4 Å². The van der Waals surface area contributed by atoms with Gasteiger partial charge in [0.25, 0.3) is 0 Å². The van der Waals surface area contributed by atoms with E-state index in [0.717, 1.165) is 47.2 Å². The van der Waals surface area contributed by atoms with Crippen molar-refractivity contribution in [3.63, 3.8) is 0 Å². The van der Waals surface area contributed by atoms with Crippen LogP contribution >= 0.6 is 0 Å². The molecular weight excluding hydrogens is 277 g/mol. The predicted molar refractivity (Wildman–Crippen MR) is 84.5 cm³/mol. The SMILES string of the molecule is Cc1cc(Cc2cccc(F)c2)c2c(c1)C1(CCC1)C(=O)N2. The van der Waals surface area contributed by atoms with Crippen LogP contribution in [0.4, 0.5) is 10.1 Å². The monoisotopic (exact) mass is 295 g/mol. The minimum atomic E-state index is -0.294. The number of hydrogen-bond acceptors (Lipinski definition) is 1. The molecule has 1 saturated carbocycles. The summed E-state index contributed by atoms with van der Waals surface area (Å²) in [7, 11) is 0. The van der Waals surface area contributed by atoms with Crippen molar-refractivity contribution in [2.75, 3.05) is 5.32 Å². The Morgan fingerprint density at radius 1 is 1.23 bits per heavy atom. The normalized spacial score (nSPS) is 18.0. The Balaban J connectivity index is 1.79. The van der Waals surface area contributed by atoms with Crippen molar-refractivity contribution in [1.29, 1.82) is 0 Å². The Bertz CT molecular complexity index is 777. The molecule has 0 aromatic heterocycles. The van der Waals surface area contributed by atoms with E-state index in [1.54, 1.807) is 12.1 Å². The quantitative estimate of drug-likeness (QED) is 0.888. The summed E-state index contributed by atoms with van der Waals surface area (Å²) in [6.07, 6.45) is 3.63. The third-order valence-corrected chi connectivity index (χ3v) is 5.04. The van der Waals surface area contributed by atoms with Crippen molar-refractivity contribution in [3.8, 4) is 0 Å². The van der Waals surface area contributed by atoms with Gasteiger partial charge in [0.05, 0.1) is 5.41 Å². The van der Waals surface area contributed by atoms with Crippen LogP contribution < -0.4 is 5.32 Å². The Labute approximate surface area is 129 Å². The fraction of sp³-hybridized carbons (Fsp3) is 0.316. The van der Waals surface area contributed by atoms with Crippen molar-refractivity contribution in [3.05, 3.63) is 64.5 Å². The van der Waals surface area contributed by atoms with Gasteiger partial charge in [-0.15, -0.1) is 0 Å². The van der Waals surface area contributed by atoms with Gasteiger partial charge in [-0.05, 0) is 55.0 Å². The van der Waals surface area contributed by atoms with Gasteiger partial charge in [-0.1, -0.05) is 36.2 Å². The maximum Gasteiger partial charge on any atom is 0.235 e. The number of carbonyl (C=O) groups excluding carboxylic acids is 1. The second-order valence-electron chi connectivity index (χ2n) is 6.54. The van der Waals surface area contributed by atoms with E-state index in [-0.39, 0.29) is 17.1 Å². The van der Waals surface area contributed by atoms with Crippen LogP contribution in [-0.2, 0) is 16.6 Å². The van der Waals surface area contributed by atoms with Crippen LogP contribution in [0.5, 0.6) is 0 Å².